The number of halogens is 2. The summed E-state index contributed by atoms with van der Waals surface area (Å²) in [6, 6.07) is 10.0. The highest BCUT2D eigenvalue weighted by atomic mass is 79.9. The number of para-hydroxylation sites is 1. The average Bonchev–Trinajstić information content (AvgIpc) is 2.73. The van der Waals surface area contributed by atoms with Gasteiger partial charge in [-0.05, 0) is 48.0 Å². The zero-order valence-electron chi connectivity index (χ0n) is 13.2. The van der Waals surface area contributed by atoms with Crippen molar-refractivity contribution in [2.75, 3.05) is 19.6 Å². The molecule has 0 saturated carbocycles. The van der Waals surface area contributed by atoms with Crippen LogP contribution in [0.2, 0.25) is 0 Å². The summed E-state index contributed by atoms with van der Waals surface area (Å²) >= 11 is 3.59. The molecule has 1 aliphatic heterocycles. The predicted molar refractivity (Wildman–Crippen MR) is 98.9 cm³/mol. The van der Waals surface area contributed by atoms with E-state index in [4.69, 9.17) is 0 Å². The zero-order valence-corrected chi connectivity index (χ0v) is 15.6. The van der Waals surface area contributed by atoms with E-state index in [0.717, 1.165) is 46.7 Å². The first-order valence-corrected chi connectivity index (χ1v) is 8.30. The van der Waals surface area contributed by atoms with Crippen LogP contribution < -0.4 is 10.6 Å². The lowest BCUT2D eigenvalue weighted by molar-refractivity contribution is 0.0941. The molecule has 0 spiro atoms. The second kappa shape index (κ2) is 7.51. The Morgan fingerprint density at radius 3 is 2.65 bits per heavy atom. The van der Waals surface area contributed by atoms with Gasteiger partial charge in [0.1, 0.15) is 0 Å². The average molecular weight is 399 g/mol. The predicted octanol–water partition coefficient (Wildman–Crippen LogP) is 3.23. The van der Waals surface area contributed by atoms with Crippen LogP contribution in [0.3, 0.4) is 0 Å². The Kier molecular flexibility index (Phi) is 5.89. The number of rotatable bonds is 4. The van der Waals surface area contributed by atoms with Gasteiger partial charge in [0, 0.05) is 41.4 Å². The number of nitrogens with one attached hydrogen (secondary N) is 2. The number of aromatic nitrogens is 1. The highest BCUT2D eigenvalue weighted by Crippen LogP contribution is 2.26. The Bertz CT molecular complexity index is 710. The monoisotopic (exact) mass is 397 g/mol. The van der Waals surface area contributed by atoms with Crippen molar-refractivity contribution in [2.24, 2.45) is 5.92 Å². The fraction of sp³-hybridized carbons (Fsp3) is 0.353. The van der Waals surface area contributed by atoms with Crippen molar-refractivity contribution in [1.29, 1.82) is 0 Å². The quantitative estimate of drug-likeness (QED) is 0.830. The molecule has 2 aromatic rings. The summed E-state index contributed by atoms with van der Waals surface area (Å²) in [6.45, 7) is 6.75. The van der Waals surface area contributed by atoms with E-state index in [0.29, 0.717) is 5.92 Å². The number of carbonyl (C=O) groups excluding carboxylic acids is 1. The molecule has 2 N–H and O–H groups in total. The normalized spacial score (nSPS) is 14.0. The number of amides is 1. The van der Waals surface area contributed by atoms with Crippen LogP contribution >= 0.6 is 28.3 Å². The van der Waals surface area contributed by atoms with Crippen LogP contribution in [0.1, 0.15) is 21.7 Å². The maximum absolute atomic E-state index is 12.4. The first-order chi connectivity index (χ1) is 10.6. The Morgan fingerprint density at radius 2 is 2.04 bits per heavy atom. The summed E-state index contributed by atoms with van der Waals surface area (Å²) < 4.78 is 3.13. The lowest BCUT2D eigenvalue weighted by Gasteiger charge is -2.27. The van der Waals surface area contributed by atoms with E-state index in [2.05, 4.69) is 31.1 Å². The van der Waals surface area contributed by atoms with Crippen molar-refractivity contribution in [3.8, 4) is 5.69 Å². The summed E-state index contributed by atoms with van der Waals surface area (Å²) in [5.41, 5.74) is 3.83. The maximum Gasteiger partial charge on any atom is 0.253 e. The number of aryl methyl sites for hydroxylation is 1. The van der Waals surface area contributed by atoms with Gasteiger partial charge >= 0.3 is 0 Å². The van der Waals surface area contributed by atoms with E-state index in [1.54, 1.807) is 0 Å². The van der Waals surface area contributed by atoms with Gasteiger partial charge in [0.25, 0.3) is 5.91 Å². The van der Waals surface area contributed by atoms with Gasteiger partial charge in [-0.25, -0.2) is 0 Å². The molecule has 0 bridgehead atoms. The minimum Gasteiger partial charge on any atom is -0.352 e. The molecule has 0 atom stereocenters. The van der Waals surface area contributed by atoms with Crippen LogP contribution in [0.15, 0.2) is 34.8 Å². The molecule has 124 valence electrons. The van der Waals surface area contributed by atoms with E-state index in [-0.39, 0.29) is 18.3 Å². The van der Waals surface area contributed by atoms with Crippen LogP contribution in [-0.2, 0) is 0 Å². The molecule has 1 aliphatic rings. The van der Waals surface area contributed by atoms with E-state index in [1.165, 1.54) is 0 Å². The largest absolute Gasteiger partial charge is 0.352 e. The van der Waals surface area contributed by atoms with Gasteiger partial charge in [0.15, 0.2) is 0 Å². The molecular formula is C17H21BrClN3O. The molecule has 2 heterocycles. The van der Waals surface area contributed by atoms with Crippen molar-refractivity contribution in [1.82, 2.24) is 15.2 Å². The summed E-state index contributed by atoms with van der Waals surface area (Å²) in [7, 11) is 0. The second-order valence-electron chi connectivity index (χ2n) is 5.81. The van der Waals surface area contributed by atoms with Gasteiger partial charge in [-0.15, -0.1) is 12.4 Å². The highest BCUT2D eigenvalue weighted by molar-refractivity contribution is 9.10. The van der Waals surface area contributed by atoms with Crippen LogP contribution in [0.25, 0.3) is 5.69 Å². The van der Waals surface area contributed by atoms with E-state index in [9.17, 15) is 4.79 Å². The molecule has 1 amide bonds. The molecule has 6 heteroatoms. The number of benzene rings is 1. The molecule has 1 fully saturated rings. The maximum atomic E-state index is 12.4. The number of carbonyl (C=O) groups is 1. The third-order valence-corrected chi connectivity index (χ3v) is 4.86. The molecule has 23 heavy (non-hydrogen) atoms. The van der Waals surface area contributed by atoms with E-state index in [1.807, 2.05) is 44.2 Å². The van der Waals surface area contributed by atoms with Crippen LogP contribution in [0.4, 0.5) is 0 Å². The molecule has 1 saturated heterocycles. The van der Waals surface area contributed by atoms with Crippen molar-refractivity contribution in [2.45, 2.75) is 13.8 Å². The summed E-state index contributed by atoms with van der Waals surface area (Å²) in [5, 5.41) is 6.26. The second-order valence-corrected chi connectivity index (χ2v) is 6.66. The van der Waals surface area contributed by atoms with E-state index < -0.39 is 0 Å². The van der Waals surface area contributed by atoms with Crippen molar-refractivity contribution in [3.05, 3.63) is 51.8 Å². The number of nitrogens with zero attached hydrogens (tertiary/aromatic N) is 1. The first kappa shape index (κ1) is 18.0. The number of hydrogen-bond acceptors (Lipinski definition) is 2. The third kappa shape index (κ3) is 3.62. The lowest BCUT2D eigenvalue weighted by atomic mass is 10.0. The Hall–Kier alpha value is -1.30. The van der Waals surface area contributed by atoms with Gasteiger partial charge in [0.05, 0.1) is 11.3 Å². The molecule has 1 aromatic heterocycles. The van der Waals surface area contributed by atoms with Crippen molar-refractivity contribution >= 4 is 34.2 Å². The van der Waals surface area contributed by atoms with Gasteiger partial charge < -0.3 is 15.2 Å². The summed E-state index contributed by atoms with van der Waals surface area (Å²) in [6.07, 6.45) is 0. The molecule has 0 aliphatic carbocycles. The summed E-state index contributed by atoms with van der Waals surface area (Å²) in [5.74, 6) is 0.578. The van der Waals surface area contributed by atoms with Crippen LogP contribution in [-0.4, -0.2) is 30.1 Å². The topological polar surface area (TPSA) is 46.1 Å². The van der Waals surface area contributed by atoms with Crippen molar-refractivity contribution < 1.29 is 4.79 Å². The van der Waals surface area contributed by atoms with Gasteiger partial charge in [-0.3, -0.25) is 4.79 Å². The fourth-order valence-electron chi connectivity index (χ4n) is 2.82. The lowest BCUT2D eigenvalue weighted by Crippen LogP contribution is -2.48. The van der Waals surface area contributed by atoms with Gasteiger partial charge in [-0.2, -0.15) is 0 Å². The smallest absolute Gasteiger partial charge is 0.253 e. The Morgan fingerprint density at radius 1 is 1.35 bits per heavy atom. The van der Waals surface area contributed by atoms with Crippen LogP contribution in [0, 0.1) is 19.8 Å². The number of hydrogen-bond donors (Lipinski definition) is 2. The van der Waals surface area contributed by atoms with Gasteiger partial charge in [-0.1, -0.05) is 12.1 Å². The first-order valence-electron chi connectivity index (χ1n) is 7.50. The SMILES string of the molecule is Cc1cc(C(=O)NCC2CNC2)c(C)n1-c1ccccc1Br.Cl. The van der Waals surface area contributed by atoms with Gasteiger partial charge in [0.2, 0.25) is 0 Å². The third-order valence-electron chi connectivity index (χ3n) is 4.19. The Balaban J connectivity index is 0.00000192. The van der Waals surface area contributed by atoms with Crippen LogP contribution in [0.5, 0.6) is 0 Å². The summed E-state index contributed by atoms with van der Waals surface area (Å²) in [4.78, 5) is 12.4. The molecule has 0 radical (unpaired) electrons. The molecule has 1 aromatic carbocycles. The molecule has 0 unspecified atom stereocenters. The Labute approximate surface area is 151 Å². The molecular weight excluding hydrogens is 378 g/mol. The zero-order chi connectivity index (χ0) is 15.7. The fourth-order valence-corrected chi connectivity index (χ4v) is 3.28. The standard InChI is InChI=1S/C17H20BrN3O.ClH/c1-11-7-14(17(22)20-10-13-8-19-9-13)12(2)21(11)16-6-4-3-5-15(16)18;/h3-7,13,19H,8-10H2,1-2H3,(H,20,22);1H. The van der Waals surface area contributed by atoms with Crippen molar-refractivity contribution in [3.63, 3.8) is 0 Å². The van der Waals surface area contributed by atoms with E-state index >= 15 is 0 Å². The molecule has 4 nitrogen and oxygen atoms in total. The highest BCUT2D eigenvalue weighted by Gasteiger charge is 2.20. The minimum absolute atomic E-state index is 0. The minimum atomic E-state index is 0. The molecule has 3 rings (SSSR count).